The fourth-order valence-corrected chi connectivity index (χ4v) is 3.20. The zero-order valence-corrected chi connectivity index (χ0v) is 14.6. The van der Waals surface area contributed by atoms with Gasteiger partial charge < -0.3 is 0 Å². The predicted molar refractivity (Wildman–Crippen MR) is 97.1 cm³/mol. The third-order valence-corrected chi connectivity index (χ3v) is 4.53. The lowest BCUT2D eigenvalue weighted by molar-refractivity contribution is -0.884. The summed E-state index contributed by atoms with van der Waals surface area (Å²) >= 11 is 0. The zero-order chi connectivity index (χ0) is 18.4. The zero-order valence-electron chi connectivity index (χ0n) is 14.6. The molecule has 132 valence electrons. The molecule has 4 aromatic heterocycles. The average Bonchev–Trinajstić information content (AvgIpc) is 3.28. The third-order valence-electron chi connectivity index (χ3n) is 4.53. The van der Waals surface area contributed by atoms with Crippen LogP contribution in [0.4, 0.5) is 0 Å². The highest BCUT2D eigenvalue weighted by molar-refractivity contribution is 5.76. The van der Waals surface area contributed by atoms with Gasteiger partial charge >= 0.3 is 0 Å². The molecule has 27 heavy (non-hydrogen) atoms. The van der Waals surface area contributed by atoms with Gasteiger partial charge in [-0.05, 0) is 29.8 Å². The molecule has 5 rings (SSSR count). The van der Waals surface area contributed by atoms with Crippen LogP contribution < -0.4 is 4.73 Å². The quantitative estimate of drug-likeness (QED) is 0.393. The van der Waals surface area contributed by atoms with Crippen molar-refractivity contribution in [2.24, 2.45) is 7.05 Å². The van der Waals surface area contributed by atoms with Crippen LogP contribution in [0.25, 0.3) is 27.8 Å². The molecule has 0 radical (unpaired) electrons. The van der Waals surface area contributed by atoms with E-state index in [0.717, 1.165) is 38.3 Å². The lowest BCUT2D eigenvalue weighted by atomic mass is 10.1. The van der Waals surface area contributed by atoms with E-state index in [1.165, 1.54) is 0 Å². The van der Waals surface area contributed by atoms with Crippen molar-refractivity contribution in [2.45, 2.75) is 6.42 Å². The third kappa shape index (κ3) is 2.67. The van der Waals surface area contributed by atoms with Gasteiger partial charge in [0.2, 0.25) is 6.20 Å². The fraction of sp³-hybridized carbons (Fsp3) is 0.105. The number of benzene rings is 1. The molecule has 8 nitrogen and oxygen atoms in total. The average molecular weight is 358 g/mol. The molecule has 0 amide bonds. The lowest BCUT2D eigenvalue weighted by Gasteiger charge is -2.03. The van der Waals surface area contributed by atoms with Gasteiger partial charge in [-0.1, -0.05) is 6.07 Å². The van der Waals surface area contributed by atoms with E-state index in [2.05, 4.69) is 20.4 Å². The Balaban J connectivity index is 1.55. The van der Waals surface area contributed by atoms with E-state index < -0.39 is 0 Å². The maximum Gasteiger partial charge on any atom is 0.264 e. The summed E-state index contributed by atoms with van der Waals surface area (Å²) in [4.78, 5) is 0. The first-order valence-corrected chi connectivity index (χ1v) is 8.50. The Labute approximate surface area is 153 Å². The molecule has 0 unspecified atom stereocenters. The highest BCUT2D eigenvalue weighted by Gasteiger charge is 2.12. The molecule has 0 saturated carbocycles. The van der Waals surface area contributed by atoms with E-state index in [4.69, 9.17) is 0 Å². The van der Waals surface area contributed by atoms with Crippen molar-refractivity contribution in [3.63, 3.8) is 0 Å². The van der Waals surface area contributed by atoms with E-state index in [9.17, 15) is 5.21 Å². The molecule has 0 fully saturated rings. The van der Waals surface area contributed by atoms with E-state index in [0.29, 0.717) is 12.1 Å². The summed E-state index contributed by atoms with van der Waals surface area (Å²) in [5.74, 6) is 0.753. The van der Waals surface area contributed by atoms with Crippen LogP contribution in [0.15, 0.2) is 61.1 Å². The van der Waals surface area contributed by atoms with Gasteiger partial charge in [-0.3, -0.25) is 9.89 Å². The highest BCUT2D eigenvalue weighted by Crippen LogP contribution is 2.18. The summed E-state index contributed by atoms with van der Waals surface area (Å²) in [6, 6.07) is 13.5. The van der Waals surface area contributed by atoms with Crippen LogP contribution in [0.5, 0.6) is 0 Å². The summed E-state index contributed by atoms with van der Waals surface area (Å²) in [5.41, 5.74) is 4.28. The topological polar surface area (TPSA) is 85.0 Å². The smallest absolute Gasteiger partial charge is 0.264 e. The van der Waals surface area contributed by atoms with Gasteiger partial charge in [0.1, 0.15) is 0 Å². The van der Waals surface area contributed by atoms with Crippen LogP contribution in [0, 0.1) is 0 Å². The maximum absolute atomic E-state index is 9.87. The Morgan fingerprint density at radius 2 is 2.04 bits per heavy atom. The summed E-state index contributed by atoms with van der Waals surface area (Å²) < 4.78 is 4.63. The second-order valence-corrected chi connectivity index (χ2v) is 6.43. The van der Waals surface area contributed by atoms with Crippen molar-refractivity contribution in [2.75, 3.05) is 0 Å². The molecule has 1 N–H and O–H groups in total. The Kier molecular flexibility index (Phi) is 3.36. The number of rotatable bonds is 3. The highest BCUT2D eigenvalue weighted by atomic mass is 16.5. The van der Waals surface area contributed by atoms with E-state index >= 15 is 0 Å². The largest absolute Gasteiger partial charge is 0.285 e. The van der Waals surface area contributed by atoms with E-state index in [1.54, 1.807) is 27.7 Å². The van der Waals surface area contributed by atoms with Gasteiger partial charge in [0.15, 0.2) is 11.5 Å². The molecule has 0 bridgehead atoms. The van der Waals surface area contributed by atoms with Gasteiger partial charge in [-0.15, -0.1) is 10.2 Å². The number of nitrogens with zero attached hydrogens (tertiary/aromatic N) is 7. The SMILES string of the molecule is Cn1cc(-c2ccc3nnc(Cc4ccc5c(ccc[n+]5O)c4)n3n2)cn1. The summed E-state index contributed by atoms with van der Waals surface area (Å²) in [5, 5.41) is 28.2. The van der Waals surface area contributed by atoms with Crippen molar-refractivity contribution in [1.29, 1.82) is 0 Å². The molecule has 0 aliphatic rings. The van der Waals surface area contributed by atoms with Gasteiger partial charge in [0, 0.05) is 42.1 Å². The van der Waals surface area contributed by atoms with Gasteiger partial charge in [-0.2, -0.15) is 14.7 Å². The number of aryl methyl sites for hydroxylation is 1. The molecular weight excluding hydrogens is 342 g/mol. The number of hydrogen-bond donors (Lipinski definition) is 1. The minimum absolute atomic E-state index is 0.584. The monoisotopic (exact) mass is 358 g/mol. The van der Waals surface area contributed by atoms with Crippen LogP contribution >= 0.6 is 0 Å². The first kappa shape index (κ1) is 15.4. The van der Waals surface area contributed by atoms with Crippen LogP contribution in [-0.2, 0) is 13.5 Å². The van der Waals surface area contributed by atoms with Crippen molar-refractivity contribution in [3.05, 3.63) is 72.4 Å². The van der Waals surface area contributed by atoms with Crippen molar-refractivity contribution >= 4 is 16.6 Å². The maximum atomic E-state index is 9.87. The van der Waals surface area contributed by atoms with Crippen LogP contribution in [-0.4, -0.2) is 34.8 Å². The second-order valence-electron chi connectivity index (χ2n) is 6.43. The number of hydrogen-bond acceptors (Lipinski definition) is 5. The van der Waals surface area contributed by atoms with E-state index in [1.807, 2.05) is 49.6 Å². The van der Waals surface area contributed by atoms with Crippen LogP contribution in [0.3, 0.4) is 0 Å². The molecule has 0 saturated heterocycles. The molecule has 8 heteroatoms. The van der Waals surface area contributed by atoms with Crippen molar-refractivity contribution < 1.29 is 9.94 Å². The van der Waals surface area contributed by atoms with Crippen LogP contribution in [0.1, 0.15) is 11.4 Å². The molecule has 0 atom stereocenters. The minimum Gasteiger partial charge on any atom is -0.285 e. The first-order chi connectivity index (χ1) is 13.2. The summed E-state index contributed by atoms with van der Waals surface area (Å²) in [6.07, 6.45) is 5.90. The molecular formula is C19H16N7O+. The van der Waals surface area contributed by atoms with Crippen LogP contribution in [0.2, 0.25) is 0 Å². The predicted octanol–water partition coefficient (Wildman–Crippen LogP) is 1.79. The number of pyridine rings is 1. The normalized spacial score (nSPS) is 11.4. The number of fused-ring (bicyclic) bond motifs is 2. The number of aromatic nitrogens is 7. The van der Waals surface area contributed by atoms with Gasteiger partial charge in [0.05, 0.1) is 17.3 Å². The van der Waals surface area contributed by atoms with Crippen molar-refractivity contribution in [3.8, 4) is 11.3 Å². The Morgan fingerprint density at radius 1 is 1.11 bits per heavy atom. The fourth-order valence-electron chi connectivity index (χ4n) is 3.20. The lowest BCUT2D eigenvalue weighted by Crippen LogP contribution is -2.29. The first-order valence-electron chi connectivity index (χ1n) is 8.50. The molecule has 5 aromatic rings. The van der Waals surface area contributed by atoms with Gasteiger partial charge in [-0.25, -0.2) is 0 Å². The molecule has 0 aliphatic heterocycles. The Hall–Kier alpha value is -3.81. The summed E-state index contributed by atoms with van der Waals surface area (Å²) in [6.45, 7) is 0. The Morgan fingerprint density at radius 3 is 2.89 bits per heavy atom. The molecule has 1 aromatic carbocycles. The van der Waals surface area contributed by atoms with Crippen molar-refractivity contribution in [1.82, 2.24) is 29.6 Å². The molecule has 0 aliphatic carbocycles. The van der Waals surface area contributed by atoms with Gasteiger partial charge in [0.25, 0.3) is 5.52 Å². The minimum atomic E-state index is 0.584. The molecule has 4 heterocycles. The molecule has 0 spiro atoms. The van der Waals surface area contributed by atoms with E-state index in [-0.39, 0.29) is 0 Å². The standard InChI is InChI=1S/C19H16N7O/c1-24-12-15(11-20-24)16-5-7-18-21-22-19(26(18)23-16)10-13-4-6-17-14(9-13)3-2-8-25(17)27/h2-9,11-12,27H,10H2,1H3/q+1. The Bertz CT molecular complexity index is 1290. The summed E-state index contributed by atoms with van der Waals surface area (Å²) in [7, 11) is 1.88. The second kappa shape index (κ2) is 5.87.